The van der Waals surface area contributed by atoms with Crippen LogP contribution in [0.3, 0.4) is 0 Å². The Morgan fingerprint density at radius 1 is 1.25 bits per heavy atom. The van der Waals surface area contributed by atoms with Crippen LogP contribution in [-0.4, -0.2) is 12.1 Å². The Morgan fingerprint density at radius 3 is 2.92 bits per heavy atom. The molecule has 0 amide bonds. The van der Waals surface area contributed by atoms with E-state index >= 15 is 0 Å². The van der Waals surface area contributed by atoms with Crippen LogP contribution in [0.15, 0.2) is 24.5 Å². The van der Waals surface area contributed by atoms with Crippen molar-refractivity contribution in [3.8, 4) is 5.88 Å². The molecule has 1 aliphatic rings. The molecule has 62 valence electrons. The number of hydrogen-bond donors (Lipinski definition) is 2. The molecule has 0 radical (unpaired) electrons. The third kappa shape index (κ3) is 1.07. The smallest absolute Gasteiger partial charge is 0.215 e. The van der Waals surface area contributed by atoms with Gasteiger partial charge < -0.3 is 15.4 Å². The number of anilines is 2. The summed E-state index contributed by atoms with van der Waals surface area (Å²) in [6, 6.07) is 3.73. The molecule has 0 spiro atoms. The van der Waals surface area contributed by atoms with Crippen molar-refractivity contribution in [2.75, 3.05) is 17.7 Å². The van der Waals surface area contributed by atoms with Crippen LogP contribution in [0.5, 0.6) is 5.88 Å². The number of hydrogen-bond acceptors (Lipinski definition) is 4. The zero-order valence-corrected chi connectivity index (χ0v) is 6.66. The summed E-state index contributed by atoms with van der Waals surface area (Å²) >= 11 is 0. The first-order valence-electron chi connectivity index (χ1n) is 3.63. The van der Waals surface area contributed by atoms with E-state index in [-0.39, 0.29) is 0 Å². The Bertz CT molecular complexity index is 322. The van der Waals surface area contributed by atoms with Gasteiger partial charge in [-0.25, -0.2) is 0 Å². The summed E-state index contributed by atoms with van der Waals surface area (Å²) in [6.07, 6.45) is 3.60. The van der Waals surface area contributed by atoms with E-state index in [1.54, 1.807) is 13.3 Å². The Morgan fingerprint density at radius 2 is 2.08 bits per heavy atom. The molecule has 0 bridgehead atoms. The average molecular weight is 163 g/mol. The Hall–Kier alpha value is -1.71. The second-order valence-corrected chi connectivity index (χ2v) is 2.37. The molecule has 2 heterocycles. The van der Waals surface area contributed by atoms with Crippen LogP contribution in [0.2, 0.25) is 0 Å². The van der Waals surface area contributed by atoms with Gasteiger partial charge in [0.25, 0.3) is 0 Å². The summed E-state index contributed by atoms with van der Waals surface area (Å²) in [5, 5.41) is 6.06. The summed E-state index contributed by atoms with van der Waals surface area (Å²) in [7, 11) is 1.60. The van der Waals surface area contributed by atoms with E-state index in [1.165, 1.54) is 0 Å². The zero-order valence-electron chi connectivity index (χ0n) is 6.66. The minimum Gasteiger partial charge on any atom is -0.481 e. The van der Waals surface area contributed by atoms with Crippen molar-refractivity contribution in [3.63, 3.8) is 0 Å². The lowest BCUT2D eigenvalue weighted by atomic mass is 10.3. The van der Waals surface area contributed by atoms with E-state index < -0.39 is 0 Å². The molecule has 1 aliphatic heterocycles. The van der Waals surface area contributed by atoms with E-state index in [2.05, 4.69) is 15.6 Å². The molecule has 12 heavy (non-hydrogen) atoms. The van der Waals surface area contributed by atoms with Gasteiger partial charge in [0, 0.05) is 18.5 Å². The van der Waals surface area contributed by atoms with Crippen molar-refractivity contribution in [2.24, 2.45) is 0 Å². The average Bonchev–Trinajstić information content (AvgIpc) is 2.17. The molecule has 0 fully saturated rings. The summed E-state index contributed by atoms with van der Waals surface area (Å²) in [5.74, 6) is 1.40. The molecule has 2 N–H and O–H groups in total. The Labute approximate surface area is 70.3 Å². The third-order valence-electron chi connectivity index (χ3n) is 1.62. The van der Waals surface area contributed by atoms with Crippen molar-refractivity contribution >= 4 is 11.5 Å². The van der Waals surface area contributed by atoms with E-state index in [4.69, 9.17) is 4.74 Å². The lowest BCUT2D eigenvalue weighted by Crippen LogP contribution is -2.04. The number of fused-ring (bicyclic) bond motifs is 1. The van der Waals surface area contributed by atoms with Gasteiger partial charge in [0.05, 0.1) is 12.8 Å². The maximum absolute atomic E-state index is 4.98. The molecule has 0 aromatic carbocycles. The summed E-state index contributed by atoms with van der Waals surface area (Å²) in [5.41, 5.74) is 0.957. The predicted molar refractivity (Wildman–Crippen MR) is 47.2 cm³/mol. The molecular formula is C8H9N3O. The van der Waals surface area contributed by atoms with E-state index in [0.717, 1.165) is 11.5 Å². The van der Waals surface area contributed by atoms with Crippen LogP contribution in [-0.2, 0) is 0 Å². The summed E-state index contributed by atoms with van der Waals surface area (Å²) < 4.78 is 4.98. The van der Waals surface area contributed by atoms with E-state index in [1.807, 2.05) is 18.3 Å². The number of nitrogens with zero attached hydrogens (tertiary/aromatic N) is 1. The minimum absolute atomic E-state index is 0.610. The molecular weight excluding hydrogens is 154 g/mol. The topological polar surface area (TPSA) is 46.2 Å². The van der Waals surface area contributed by atoms with Gasteiger partial charge in [0.1, 0.15) is 0 Å². The van der Waals surface area contributed by atoms with Crippen molar-refractivity contribution in [1.82, 2.24) is 4.98 Å². The van der Waals surface area contributed by atoms with Crippen molar-refractivity contribution in [1.29, 1.82) is 0 Å². The Balaban J connectivity index is 2.39. The summed E-state index contributed by atoms with van der Waals surface area (Å²) in [6.45, 7) is 0. The number of pyridine rings is 1. The van der Waals surface area contributed by atoms with Gasteiger partial charge in [0.2, 0.25) is 5.88 Å². The second kappa shape index (κ2) is 2.73. The van der Waals surface area contributed by atoms with Crippen molar-refractivity contribution in [3.05, 3.63) is 24.5 Å². The molecule has 4 heteroatoms. The van der Waals surface area contributed by atoms with E-state index in [9.17, 15) is 0 Å². The van der Waals surface area contributed by atoms with Crippen LogP contribution in [0.4, 0.5) is 11.5 Å². The molecule has 0 saturated carbocycles. The van der Waals surface area contributed by atoms with Crippen LogP contribution >= 0.6 is 0 Å². The molecule has 0 atom stereocenters. The highest BCUT2D eigenvalue weighted by Gasteiger charge is 2.05. The van der Waals surface area contributed by atoms with Gasteiger partial charge >= 0.3 is 0 Å². The molecule has 0 saturated heterocycles. The highest BCUT2D eigenvalue weighted by molar-refractivity contribution is 5.69. The lowest BCUT2D eigenvalue weighted by Gasteiger charge is -2.13. The standard InChI is InChI=1S/C8H9N3O/c1-12-7-3-2-6-8(11-7)10-5-4-9-6/h2-5,9H,1H3,(H,10,11). The normalized spacial score (nSPS) is 12.8. The fourth-order valence-corrected chi connectivity index (χ4v) is 1.03. The fourth-order valence-electron chi connectivity index (χ4n) is 1.03. The van der Waals surface area contributed by atoms with Gasteiger partial charge in [-0.3, -0.25) is 0 Å². The highest BCUT2D eigenvalue weighted by atomic mass is 16.5. The number of rotatable bonds is 1. The van der Waals surface area contributed by atoms with Crippen LogP contribution in [0.25, 0.3) is 0 Å². The first-order chi connectivity index (χ1) is 5.90. The van der Waals surface area contributed by atoms with Gasteiger partial charge in [-0.2, -0.15) is 4.98 Å². The predicted octanol–water partition coefficient (Wildman–Crippen LogP) is 1.40. The minimum atomic E-state index is 0.610. The first kappa shape index (κ1) is 6.97. The van der Waals surface area contributed by atoms with Crippen molar-refractivity contribution < 1.29 is 4.74 Å². The fraction of sp³-hybridized carbons (Fsp3) is 0.125. The third-order valence-corrected chi connectivity index (χ3v) is 1.62. The zero-order chi connectivity index (χ0) is 8.39. The molecule has 4 nitrogen and oxygen atoms in total. The molecule has 2 rings (SSSR count). The maximum atomic E-state index is 4.98. The molecule has 1 aromatic heterocycles. The van der Waals surface area contributed by atoms with Crippen molar-refractivity contribution in [2.45, 2.75) is 0 Å². The first-order valence-corrected chi connectivity index (χ1v) is 3.63. The highest BCUT2D eigenvalue weighted by Crippen LogP contribution is 2.24. The number of aromatic nitrogens is 1. The van der Waals surface area contributed by atoms with Gasteiger partial charge in [-0.05, 0) is 6.07 Å². The molecule has 0 aliphatic carbocycles. The van der Waals surface area contributed by atoms with Gasteiger partial charge in [-0.1, -0.05) is 0 Å². The molecule has 1 aromatic rings. The van der Waals surface area contributed by atoms with Crippen LogP contribution < -0.4 is 15.4 Å². The SMILES string of the molecule is COc1ccc2c(n1)NC=CN2. The lowest BCUT2D eigenvalue weighted by molar-refractivity contribution is 0.398. The largest absolute Gasteiger partial charge is 0.481 e. The van der Waals surface area contributed by atoms with Crippen LogP contribution in [0, 0.1) is 0 Å². The monoisotopic (exact) mass is 163 g/mol. The quantitative estimate of drug-likeness (QED) is 0.656. The number of ether oxygens (including phenoxy) is 1. The number of nitrogens with one attached hydrogen (secondary N) is 2. The van der Waals surface area contributed by atoms with E-state index in [0.29, 0.717) is 5.88 Å². The second-order valence-electron chi connectivity index (χ2n) is 2.37. The molecule has 0 unspecified atom stereocenters. The van der Waals surface area contributed by atoms with Crippen LogP contribution in [0.1, 0.15) is 0 Å². The number of methoxy groups -OCH3 is 1. The van der Waals surface area contributed by atoms with Gasteiger partial charge in [-0.15, -0.1) is 0 Å². The Kier molecular flexibility index (Phi) is 1.59. The summed E-state index contributed by atoms with van der Waals surface area (Å²) in [4.78, 5) is 4.18. The van der Waals surface area contributed by atoms with Gasteiger partial charge in [0.15, 0.2) is 5.82 Å². The maximum Gasteiger partial charge on any atom is 0.215 e.